The van der Waals surface area contributed by atoms with Crippen molar-refractivity contribution >= 4 is 62.7 Å². The number of carbonyl (C=O) groups is 3. The molecule has 3 amide bonds. The number of benzene rings is 2. The van der Waals surface area contributed by atoms with Crippen LogP contribution in [0.4, 0.5) is 10.5 Å². The average Bonchev–Trinajstić information content (AvgIpc) is 2.96. The Hall–Kier alpha value is -2.35. The number of hydrogen-bond acceptors (Lipinski definition) is 4. The molecule has 4 rings (SSSR count). The Bertz CT molecular complexity index is 1230. The second kappa shape index (κ2) is 8.70. The van der Waals surface area contributed by atoms with Crippen molar-refractivity contribution < 1.29 is 19.1 Å². The van der Waals surface area contributed by atoms with Gasteiger partial charge in [0.1, 0.15) is 11.0 Å². The molecule has 34 heavy (non-hydrogen) atoms. The van der Waals surface area contributed by atoms with E-state index in [9.17, 15) is 14.4 Å². The maximum atomic E-state index is 14.4. The molecular formula is C25H23BrCl2N2O4. The second-order valence-corrected chi connectivity index (χ2v) is 11.3. The monoisotopic (exact) mass is 564 g/mol. The number of ether oxygens (including phenoxy) is 1. The van der Waals surface area contributed by atoms with Gasteiger partial charge in [0.15, 0.2) is 0 Å². The Morgan fingerprint density at radius 2 is 1.85 bits per heavy atom. The van der Waals surface area contributed by atoms with Crippen LogP contribution < -0.4 is 10.2 Å². The summed E-state index contributed by atoms with van der Waals surface area (Å²) in [5.41, 5.74) is -0.675. The third-order valence-electron chi connectivity index (χ3n) is 6.04. The molecule has 0 saturated carbocycles. The maximum Gasteiger partial charge on any atom is 0.421 e. The van der Waals surface area contributed by atoms with E-state index in [0.29, 0.717) is 31.3 Å². The lowest BCUT2D eigenvalue weighted by Crippen LogP contribution is -2.63. The molecule has 2 aliphatic rings. The van der Waals surface area contributed by atoms with Crippen LogP contribution in [-0.2, 0) is 19.7 Å². The summed E-state index contributed by atoms with van der Waals surface area (Å²) in [5, 5.41) is 3.73. The fourth-order valence-corrected chi connectivity index (χ4v) is 5.71. The van der Waals surface area contributed by atoms with Crippen LogP contribution in [0.25, 0.3) is 0 Å². The van der Waals surface area contributed by atoms with E-state index in [1.54, 1.807) is 57.2 Å². The molecule has 1 fully saturated rings. The molecule has 0 radical (unpaired) electrons. The van der Waals surface area contributed by atoms with E-state index in [2.05, 4.69) is 27.8 Å². The fraction of sp³-hybridized carbons (Fsp3) is 0.320. The molecule has 0 aliphatic carbocycles. The summed E-state index contributed by atoms with van der Waals surface area (Å²) < 4.78 is 5.98. The molecule has 2 heterocycles. The molecule has 2 aliphatic heterocycles. The van der Waals surface area contributed by atoms with Crippen LogP contribution in [0.2, 0.25) is 10.0 Å². The first kappa shape index (κ1) is 24.8. The Morgan fingerprint density at radius 1 is 1.18 bits per heavy atom. The zero-order chi connectivity index (χ0) is 25.0. The predicted octanol–water partition coefficient (Wildman–Crippen LogP) is 6.09. The fourth-order valence-electron chi connectivity index (χ4n) is 4.86. The van der Waals surface area contributed by atoms with Gasteiger partial charge in [-0.25, -0.2) is 9.69 Å². The van der Waals surface area contributed by atoms with Gasteiger partial charge in [0.25, 0.3) is 0 Å². The molecule has 6 nitrogen and oxygen atoms in total. The quantitative estimate of drug-likeness (QED) is 0.478. The summed E-state index contributed by atoms with van der Waals surface area (Å²) >= 11 is 16.0. The highest BCUT2D eigenvalue weighted by molar-refractivity contribution is 9.11. The summed E-state index contributed by atoms with van der Waals surface area (Å²) in [5.74, 6) is -1.42. The molecular weight excluding hydrogens is 543 g/mol. The number of nitrogens with zero attached hydrogens (tertiary/aromatic N) is 1. The van der Waals surface area contributed by atoms with E-state index < -0.39 is 35.0 Å². The zero-order valence-electron chi connectivity index (χ0n) is 18.8. The molecule has 2 aromatic rings. The van der Waals surface area contributed by atoms with Gasteiger partial charge in [-0.3, -0.25) is 9.59 Å². The van der Waals surface area contributed by atoms with Gasteiger partial charge < -0.3 is 10.1 Å². The topological polar surface area (TPSA) is 75.7 Å². The van der Waals surface area contributed by atoms with Crippen LogP contribution in [0.1, 0.15) is 44.2 Å². The number of anilines is 1. The van der Waals surface area contributed by atoms with Crippen molar-refractivity contribution in [1.82, 2.24) is 5.32 Å². The second-order valence-electron chi connectivity index (χ2n) is 9.41. The van der Waals surface area contributed by atoms with Crippen LogP contribution in [0.3, 0.4) is 0 Å². The predicted molar refractivity (Wildman–Crippen MR) is 136 cm³/mol. The van der Waals surface area contributed by atoms with Crippen molar-refractivity contribution in [3.8, 4) is 0 Å². The largest absolute Gasteiger partial charge is 0.443 e. The molecule has 0 aromatic heterocycles. The summed E-state index contributed by atoms with van der Waals surface area (Å²) in [7, 11) is 0. The third-order valence-corrected chi connectivity index (χ3v) is 6.97. The number of imide groups is 1. The van der Waals surface area contributed by atoms with Gasteiger partial charge >= 0.3 is 6.09 Å². The molecule has 0 bridgehead atoms. The van der Waals surface area contributed by atoms with Gasteiger partial charge in [0.2, 0.25) is 11.8 Å². The van der Waals surface area contributed by atoms with Crippen molar-refractivity contribution in [2.75, 3.05) is 4.90 Å². The van der Waals surface area contributed by atoms with Crippen LogP contribution in [0, 0.1) is 0 Å². The van der Waals surface area contributed by atoms with Gasteiger partial charge in [-0.05, 0) is 56.2 Å². The SMILES string of the molecule is C=C(Br)[C@@H]1NC(=O)C[C@@H](c2cccc(Cl)c2)[C@]12C(=O)N(C(=O)OC(C)(C)C)c1cc(Cl)ccc12. The Morgan fingerprint density at radius 3 is 2.47 bits per heavy atom. The first-order valence-corrected chi connectivity index (χ1v) is 12.2. The van der Waals surface area contributed by atoms with Crippen molar-refractivity contribution in [3.05, 3.63) is 74.7 Å². The van der Waals surface area contributed by atoms with E-state index in [1.807, 2.05) is 6.07 Å². The molecule has 1 N–H and O–H groups in total. The first-order chi connectivity index (χ1) is 15.9. The highest BCUT2D eigenvalue weighted by Crippen LogP contribution is 2.57. The van der Waals surface area contributed by atoms with Crippen molar-refractivity contribution in [2.45, 2.75) is 50.2 Å². The molecule has 1 spiro atoms. The molecule has 3 atom stereocenters. The van der Waals surface area contributed by atoms with Gasteiger partial charge in [0, 0.05) is 26.9 Å². The number of fused-ring (bicyclic) bond motifs is 2. The molecule has 9 heteroatoms. The van der Waals surface area contributed by atoms with E-state index >= 15 is 0 Å². The number of halogens is 3. The normalized spacial score (nSPS) is 24.1. The smallest absolute Gasteiger partial charge is 0.421 e. The summed E-state index contributed by atoms with van der Waals surface area (Å²) in [6.45, 7) is 9.16. The van der Waals surface area contributed by atoms with E-state index in [1.165, 1.54) is 0 Å². The lowest BCUT2D eigenvalue weighted by atomic mass is 9.60. The lowest BCUT2D eigenvalue weighted by molar-refractivity contribution is -0.131. The van der Waals surface area contributed by atoms with Crippen molar-refractivity contribution in [2.24, 2.45) is 0 Å². The molecule has 178 valence electrons. The van der Waals surface area contributed by atoms with Crippen LogP contribution in [0.5, 0.6) is 0 Å². The number of amides is 3. The number of carbonyl (C=O) groups excluding carboxylic acids is 3. The summed E-state index contributed by atoms with van der Waals surface area (Å²) in [4.78, 5) is 41.5. The van der Waals surface area contributed by atoms with Gasteiger partial charge in [-0.15, -0.1) is 0 Å². The van der Waals surface area contributed by atoms with Crippen molar-refractivity contribution in [1.29, 1.82) is 0 Å². The summed E-state index contributed by atoms with van der Waals surface area (Å²) in [6.07, 6.45) is -0.814. The standard InChI is InChI=1S/C25H23BrCl2N2O4/c1-13(26)21-25(18(12-20(31)29-21)14-6-5-7-15(27)10-14)17-9-8-16(28)11-19(17)30(22(25)32)23(33)34-24(2,3)4/h5-11,18,21H,1,12H2,2-4H3,(H,29,31)/t18-,21-,25-/m0/s1. The highest BCUT2D eigenvalue weighted by Gasteiger charge is 2.65. The van der Waals surface area contributed by atoms with Gasteiger partial charge in [0.05, 0.1) is 11.7 Å². The molecule has 0 unspecified atom stereocenters. The number of hydrogen-bond donors (Lipinski definition) is 1. The minimum absolute atomic E-state index is 0.00703. The Labute approximate surface area is 216 Å². The van der Waals surface area contributed by atoms with Gasteiger partial charge in [-0.2, -0.15) is 0 Å². The maximum absolute atomic E-state index is 14.4. The van der Waals surface area contributed by atoms with E-state index in [4.69, 9.17) is 27.9 Å². The number of nitrogens with one attached hydrogen (secondary N) is 1. The van der Waals surface area contributed by atoms with Gasteiger partial charge in [-0.1, -0.05) is 63.9 Å². The van der Waals surface area contributed by atoms with Crippen LogP contribution in [0.15, 0.2) is 53.5 Å². The van der Waals surface area contributed by atoms with E-state index in [-0.39, 0.29) is 12.3 Å². The minimum Gasteiger partial charge on any atom is -0.443 e. The van der Waals surface area contributed by atoms with Crippen molar-refractivity contribution in [3.63, 3.8) is 0 Å². The lowest BCUT2D eigenvalue weighted by Gasteiger charge is -2.46. The van der Waals surface area contributed by atoms with Crippen LogP contribution >= 0.6 is 39.1 Å². The Kier molecular flexibility index (Phi) is 6.34. The van der Waals surface area contributed by atoms with Crippen LogP contribution in [-0.4, -0.2) is 29.6 Å². The number of piperidine rings is 1. The first-order valence-electron chi connectivity index (χ1n) is 10.6. The van der Waals surface area contributed by atoms with E-state index in [0.717, 1.165) is 4.90 Å². The third kappa shape index (κ3) is 4.04. The summed E-state index contributed by atoms with van der Waals surface area (Å²) in [6, 6.07) is 11.1. The Balaban J connectivity index is 2.02. The highest BCUT2D eigenvalue weighted by atomic mass is 79.9. The molecule has 1 saturated heterocycles. The molecule has 2 aromatic carbocycles. The average molecular weight is 566 g/mol. The number of rotatable bonds is 2. The zero-order valence-corrected chi connectivity index (χ0v) is 21.9. The minimum atomic E-state index is -1.39.